The number of halogens is 3. The highest BCUT2D eigenvalue weighted by atomic mass is 35.5. The number of methoxy groups -OCH3 is 2. The van der Waals surface area contributed by atoms with Crippen molar-refractivity contribution in [2.75, 3.05) is 14.2 Å². The SMILES string of the molecule is COc1cc(C2=N[C@@](C)(c3ccc(Cl)cc3)[C@](C)(c3ccc(Cl)cc3)N2C(=O)Cl)c(OC)nn1. The predicted octanol–water partition coefficient (Wildman–Crippen LogP) is 6.05. The maximum Gasteiger partial charge on any atom is 0.322 e. The fourth-order valence-corrected chi connectivity index (χ4v) is 4.82. The predicted molar refractivity (Wildman–Crippen MR) is 132 cm³/mol. The summed E-state index contributed by atoms with van der Waals surface area (Å²) in [6, 6.07) is 16.1. The minimum Gasteiger partial charge on any atom is -0.480 e. The van der Waals surface area contributed by atoms with Crippen LogP contribution in [0.4, 0.5) is 4.79 Å². The third kappa shape index (κ3) is 3.78. The van der Waals surface area contributed by atoms with Crippen LogP contribution in [0.1, 0.15) is 30.5 Å². The zero-order valence-electron chi connectivity index (χ0n) is 18.8. The van der Waals surface area contributed by atoms with E-state index in [9.17, 15) is 4.79 Å². The van der Waals surface area contributed by atoms with E-state index in [1.165, 1.54) is 19.1 Å². The molecule has 4 rings (SSSR count). The second kappa shape index (κ2) is 9.06. The van der Waals surface area contributed by atoms with Crippen LogP contribution in [0.2, 0.25) is 10.0 Å². The van der Waals surface area contributed by atoms with Crippen LogP contribution in [-0.2, 0) is 11.1 Å². The Morgan fingerprint density at radius 3 is 1.94 bits per heavy atom. The summed E-state index contributed by atoms with van der Waals surface area (Å²) in [5, 5.41) is 8.45. The van der Waals surface area contributed by atoms with Crippen molar-refractivity contribution in [3.05, 3.63) is 81.3 Å². The van der Waals surface area contributed by atoms with E-state index in [0.717, 1.165) is 11.1 Å². The summed E-state index contributed by atoms with van der Waals surface area (Å²) in [5.41, 5.74) is -0.0648. The Kier molecular flexibility index (Phi) is 6.46. The van der Waals surface area contributed by atoms with Crippen molar-refractivity contribution in [1.82, 2.24) is 15.1 Å². The Balaban J connectivity index is 2.06. The third-order valence-corrected chi connectivity index (χ3v) is 6.98. The normalized spacial score (nSPS) is 21.9. The molecule has 1 aromatic heterocycles. The van der Waals surface area contributed by atoms with Gasteiger partial charge in [0.2, 0.25) is 11.8 Å². The number of aliphatic imine (C=N–C) groups is 1. The van der Waals surface area contributed by atoms with E-state index in [0.29, 0.717) is 15.6 Å². The van der Waals surface area contributed by atoms with Gasteiger partial charge in [0.05, 0.1) is 19.8 Å². The maximum atomic E-state index is 13.1. The number of aromatic nitrogens is 2. The quantitative estimate of drug-likeness (QED) is 0.303. The van der Waals surface area contributed by atoms with Gasteiger partial charge in [-0.3, -0.25) is 14.7 Å². The minimum atomic E-state index is -1.07. The highest BCUT2D eigenvalue weighted by Crippen LogP contribution is 2.54. The lowest BCUT2D eigenvalue weighted by Gasteiger charge is -2.44. The number of ether oxygens (including phenoxy) is 2. The summed E-state index contributed by atoms with van der Waals surface area (Å²) in [5.74, 6) is 0.662. The van der Waals surface area contributed by atoms with Gasteiger partial charge in [-0.05, 0) is 60.8 Å². The van der Waals surface area contributed by atoms with Gasteiger partial charge in [-0.1, -0.05) is 47.5 Å². The summed E-state index contributed by atoms with van der Waals surface area (Å²) < 4.78 is 10.7. The molecule has 3 aromatic rings. The number of amides is 1. The molecule has 0 fully saturated rings. The number of hydrogen-bond acceptors (Lipinski definition) is 6. The number of carbonyl (C=O) groups excluding carboxylic acids is 1. The van der Waals surface area contributed by atoms with Crippen molar-refractivity contribution in [3.8, 4) is 11.8 Å². The number of benzene rings is 2. The van der Waals surface area contributed by atoms with Crippen LogP contribution >= 0.6 is 34.8 Å². The minimum absolute atomic E-state index is 0.168. The molecule has 10 heteroatoms. The van der Waals surface area contributed by atoms with Gasteiger partial charge >= 0.3 is 5.37 Å². The molecule has 1 aliphatic rings. The molecule has 0 bridgehead atoms. The lowest BCUT2D eigenvalue weighted by atomic mass is 9.71. The first-order chi connectivity index (χ1) is 16.2. The molecule has 2 aromatic carbocycles. The van der Waals surface area contributed by atoms with Gasteiger partial charge in [-0.25, -0.2) is 0 Å². The second-order valence-electron chi connectivity index (χ2n) is 7.99. The highest BCUT2D eigenvalue weighted by Gasteiger charge is 2.59. The molecule has 0 spiro atoms. The smallest absolute Gasteiger partial charge is 0.322 e. The van der Waals surface area contributed by atoms with Gasteiger partial charge in [0, 0.05) is 16.1 Å². The molecule has 7 nitrogen and oxygen atoms in total. The zero-order chi connectivity index (χ0) is 24.7. The Morgan fingerprint density at radius 1 is 0.882 bits per heavy atom. The van der Waals surface area contributed by atoms with E-state index in [-0.39, 0.29) is 17.6 Å². The van der Waals surface area contributed by atoms with Crippen LogP contribution in [0.3, 0.4) is 0 Å². The molecule has 0 unspecified atom stereocenters. The van der Waals surface area contributed by atoms with Gasteiger partial charge in [0.15, 0.2) is 0 Å². The van der Waals surface area contributed by atoms with Gasteiger partial charge in [0.25, 0.3) is 0 Å². The summed E-state index contributed by atoms with van der Waals surface area (Å²) in [6.45, 7) is 3.84. The van der Waals surface area contributed by atoms with Crippen molar-refractivity contribution in [2.45, 2.75) is 24.9 Å². The summed E-state index contributed by atoms with van der Waals surface area (Å²) in [7, 11) is 2.93. The summed E-state index contributed by atoms with van der Waals surface area (Å²) in [4.78, 5) is 19.6. The van der Waals surface area contributed by atoms with Crippen molar-refractivity contribution in [3.63, 3.8) is 0 Å². The van der Waals surface area contributed by atoms with E-state index in [1.54, 1.807) is 30.3 Å². The van der Waals surface area contributed by atoms with E-state index >= 15 is 0 Å². The standard InChI is InChI=1S/C24H21Cl3N4O3/c1-23(14-5-9-16(25)10-6-14)24(2,15-7-11-17(26)12-8-15)31(22(27)32)20(28-23)18-13-19(33-3)29-30-21(18)34-4/h5-13H,1-4H3/t23-,24-/m0/s1. The van der Waals surface area contributed by atoms with Gasteiger partial charge in [-0.2, -0.15) is 0 Å². The largest absolute Gasteiger partial charge is 0.480 e. The Hall–Kier alpha value is -2.87. The fourth-order valence-electron chi connectivity index (χ4n) is 4.32. The van der Waals surface area contributed by atoms with Crippen LogP contribution in [0.5, 0.6) is 11.8 Å². The molecule has 1 aliphatic heterocycles. The van der Waals surface area contributed by atoms with Gasteiger partial charge < -0.3 is 9.47 Å². The number of hydrogen-bond donors (Lipinski definition) is 0. The van der Waals surface area contributed by atoms with Crippen molar-refractivity contribution in [2.24, 2.45) is 4.99 Å². The lowest BCUT2D eigenvalue weighted by molar-refractivity contribution is 0.149. The van der Waals surface area contributed by atoms with E-state index in [4.69, 9.17) is 49.3 Å². The van der Waals surface area contributed by atoms with Crippen LogP contribution in [0, 0.1) is 0 Å². The van der Waals surface area contributed by atoms with Crippen molar-refractivity contribution < 1.29 is 14.3 Å². The summed E-state index contributed by atoms with van der Waals surface area (Å²) in [6.07, 6.45) is 0. The fraction of sp³-hybridized carbons (Fsp3) is 0.250. The second-order valence-corrected chi connectivity index (χ2v) is 9.19. The van der Waals surface area contributed by atoms with Gasteiger partial charge in [0.1, 0.15) is 16.9 Å². The molecule has 0 saturated carbocycles. The molecular weight excluding hydrogens is 499 g/mol. The molecule has 0 N–H and O–H groups in total. The van der Waals surface area contributed by atoms with E-state index in [1.807, 2.05) is 38.1 Å². The molecule has 2 atom stereocenters. The Labute approximate surface area is 212 Å². The van der Waals surface area contributed by atoms with E-state index in [2.05, 4.69) is 10.2 Å². The molecule has 1 amide bonds. The van der Waals surface area contributed by atoms with Crippen molar-refractivity contribution in [1.29, 1.82) is 0 Å². The van der Waals surface area contributed by atoms with Crippen molar-refractivity contribution >= 4 is 46.0 Å². The summed E-state index contributed by atoms with van der Waals surface area (Å²) >= 11 is 18.6. The van der Waals surface area contributed by atoms with Crippen LogP contribution in [0.15, 0.2) is 59.6 Å². The Bertz CT molecular complexity index is 1270. The first kappa shape index (κ1) is 24.3. The molecular formula is C24H21Cl3N4O3. The molecule has 176 valence electrons. The maximum absolute atomic E-state index is 13.1. The third-order valence-electron chi connectivity index (χ3n) is 6.31. The molecule has 0 aliphatic carbocycles. The number of nitrogens with zero attached hydrogens (tertiary/aromatic N) is 4. The van der Waals surface area contributed by atoms with E-state index < -0.39 is 16.4 Å². The number of carbonyl (C=O) groups is 1. The average molecular weight is 520 g/mol. The number of rotatable bonds is 5. The van der Waals surface area contributed by atoms with Crippen LogP contribution in [-0.4, -0.2) is 40.5 Å². The molecule has 2 heterocycles. The first-order valence-electron chi connectivity index (χ1n) is 10.2. The highest BCUT2D eigenvalue weighted by molar-refractivity contribution is 6.64. The Morgan fingerprint density at radius 2 is 1.44 bits per heavy atom. The molecule has 0 saturated heterocycles. The molecule has 34 heavy (non-hydrogen) atoms. The topological polar surface area (TPSA) is 76.9 Å². The van der Waals surface area contributed by atoms with Crippen LogP contribution in [0.25, 0.3) is 0 Å². The monoisotopic (exact) mass is 518 g/mol. The zero-order valence-corrected chi connectivity index (χ0v) is 21.1. The molecule has 0 radical (unpaired) electrons. The number of amidine groups is 1. The average Bonchev–Trinajstić information content (AvgIpc) is 3.08. The van der Waals surface area contributed by atoms with Gasteiger partial charge in [-0.15, -0.1) is 10.2 Å². The first-order valence-corrected chi connectivity index (χ1v) is 11.4. The lowest BCUT2D eigenvalue weighted by Crippen LogP contribution is -2.53. The van der Waals surface area contributed by atoms with Crippen LogP contribution < -0.4 is 9.47 Å².